The van der Waals surface area contributed by atoms with Crippen LogP contribution in [0.5, 0.6) is 0 Å². The van der Waals surface area contributed by atoms with Crippen LogP contribution in [0.4, 0.5) is 0 Å². The summed E-state index contributed by atoms with van der Waals surface area (Å²) in [7, 11) is 3.23. The Morgan fingerprint density at radius 1 is 0.230 bits per heavy atom. The molecule has 0 saturated carbocycles. The van der Waals surface area contributed by atoms with E-state index >= 15 is 0 Å². The first kappa shape index (κ1) is 46.9. The molecular formula is C55H46ClOP3Ru-. The van der Waals surface area contributed by atoms with E-state index in [0.29, 0.717) is 0 Å². The zero-order valence-electron chi connectivity index (χ0n) is 34.5. The Morgan fingerprint density at radius 3 is 0.393 bits per heavy atom. The van der Waals surface area contributed by atoms with E-state index in [1.165, 1.54) is 47.7 Å². The van der Waals surface area contributed by atoms with Gasteiger partial charge in [-0.05, 0) is 71.5 Å². The van der Waals surface area contributed by atoms with Gasteiger partial charge in [0.25, 0.3) is 6.79 Å². The summed E-state index contributed by atoms with van der Waals surface area (Å²) in [4.78, 5) is 7.50. The van der Waals surface area contributed by atoms with Crippen molar-refractivity contribution < 1.29 is 23.5 Å². The van der Waals surface area contributed by atoms with Crippen molar-refractivity contribution >= 4 is 88.0 Å². The molecule has 2 radical (unpaired) electrons. The minimum Gasteiger partial charge on any atom is -1.00 e. The van der Waals surface area contributed by atoms with Gasteiger partial charge < -0.3 is 1.43 Å². The largest absolute Gasteiger partial charge is 1.00 e. The summed E-state index contributed by atoms with van der Waals surface area (Å²) < 4.78 is 0. The van der Waals surface area contributed by atoms with Crippen LogP contribution < -0.4 is 47.7 Å². The van der Waals surface area contributed by atoms with Crippen LogP contribution in [0.15, 0.2) is 273 Å². The molecule has 0 N–H and O–H groups in total. The van der Waals surface area contributed by atoms with Gasteiger partial charge in [0, 0.05) is 0 Å². The fraction of sp³-hybridized carbons (Fsp3) is 0. The third-order valence-electron chi connectivity index (χ3n) is 9.13. The van der Waals surface area contributed by atoms with Crippen LogP contribution >= 0.6 is 33.5 Å². The summed E-state index contributed by atoms with van der Waals surface area (Å²) in [6.07, 6.45) is 0. The maximum Gasteiger partial charge on any atom is -0.0134 e. The van der Waals surface area contributed by atoms with E-state index in [1.807, 2.05) is 17.3 Å². The van der Waals surface area contributed by atoms with Crippen LogP contribution in [0.2, 0.25) is 0 Å². The Labute approximate surface area is 382 Å². The van der Waals surface area contributed by atoms with Gasteiger partial charge in [-0.15, -0.1) is 0 Å². The molecule has 0 unspecified atom stereocenters. The van der Waals surface area contributed by atoms with Crippen molar-refractivity contribution in [3.8, 4) is 0 Å². The molecular weight excluding hydrogens is 906 g/mol. The van der Waals surface area contributed by atoms with Crippen molar-refractivity contribution in [2.24, 2.45) is 0 Å². The second-order valence-corrected chi connectivity index (χ2v) is 19.7. The molecule has 0 saturated heterocycles. The van der Waals surface area contributed by atoms with Gasteiger partial charge in [-0.2, -0.15) is 0 Å². The van der Waals surface area contributed by atoms with Crippen LogP contribution in [0, 0.1) is 0 Å². The second kappa shape index (κ2) is 27.6. The van der Waals surface area contributed by atoms with Crippen molar-refractivity contribution in [3.63, 3.8) is 0 Å². The molecule has 0 bridgehead atoms. The molecule has 61 heavy (non-hydrogen) atoms. The van der Waals surface area contributed by atoms with Gasteiger partial charge in [-0.1, -0.05) is 273 Å². The van der Waals surface area contributed by atoms with Crippen molar-refractivity contribution in [1.29, 1.82) is 0 Å². The van der Waals surface area contributed by atoms with E-state index < -0.39 is 23.8 Å². The smallest absolute Gasteiger partial charge is 0.0134 e. The average Bonchev–Trinajstić information content (AvgIpc) is 3.37. The molecule has 9 aromatic rings. The summed E-state index contributed by atoms with van der Waals surface area (Å²) in [6.45, 7) is 4.50. The molecule has 1 nitrogen and oxygen atoms in total. The number of rotatable bonds is 9. The molecule has 0 spiro atoms. The molecule has 9 rings (SSSR count). The quantitative estimate of drug-likeness (QED) is 0.104. The molecule has 0 fully saturated rings. The molecule has 0 aliphatic carbocycles. The predicted octanol–water partition coefficient (Wildman–Crippen LogP) is 10.7. The molecule has 0 amide bonds. The Kier molecular flexibility index (Phi) is 21.3. The zero-order chi connectivity index (χ0) is 42.7. The zero-order valence-corrected chi connectivity index (χ0v) is 38.6. The number of hydrogen-bond donors (Lipinski definition) is 0. The summed E-state index contributed by atoms with van der Waals surface area (Å²) in [5.41, 5.74) is 0. The SMILES string of the molecule is [C]=O.[Cl][Ru].[H-].c1ccc(P(c2ccccc2)c2ccccc2)cc1.c1ccc(P(c2ccccc2)c2ccccc2)cc1.c1ccc(P(c2ccccc2)c2ccccc2)cc1. The van der Waals surface area contributed by atoms with Crippen molar-refractivity contribution in [2.75, 3.05) is 0 Å². The van der Waals surface area contributed by atoms with Crippen LogP contribution in [0.1, 0.15) is 1.43 Å². The van der Waals surface area contributed by atoms with Gasteiger partial charge in [0.05, 0.1) is 0 Å². The van der Waals surface area contributed by atoms with E-state index in [1.54, 1.807) is 0 Å². The third-order valence-corrected chi connectivity index (χ3v) is 16.5. The molecule has 0 atom stereocenters. The topological polar surface area (TPSA) is 17.1 Å². The third kappa shape index (κ3) is 14.5. The average molecular weight is 952 g/mol. The normalized spacial score (nSPS) is 10.0. The maximum absolute atomic E-state index is 7.50. The van der Waals surface area contributed by atoms with Gasteiger partial charge >= 0.3 is 27.0 Å². The van der Waals surface area contributed by atoms with Crippen molar-refractivity contribution in [3.05, 3.63) is 273 Å². The number of hydrogen-bond acceptors (Lipinski definition) is 1. The number of halogens is 1. The van der Waals surface area contributed by atoms with Crippen LogP contribution in [0.25, 0.3) is 0 Å². The van der Waals surface area contributed by atoms with Gasteiger partial charge in [0.1, 0.15) is 0 Å². The summed E-state index contributed by atoms with van der Waals surface area (Å²) >= 11 is 1.82. The fourth-order valence-electron chi connectivity index (χ4n) is 6.54. The van der Waals surface area contributed by atoms with Gasteiger partial charge in [-0.3, -0.25) is 4.79 Å². The standard InChI is InChI=1S/3C18H15P.CO.ClH.Ru.H/c3*1-4-10-16(11-5-1)19(17-12-6-2-7-13-17)18-14-8-3-9-15-18;1-2;;;/h3*1-15H;;1H;;/q;;;;;+1;-1/p-1. The van der Waals surface area contributed by atoms with Crippen LogP contribution in [-0.2, 0) is 22.1 Å². The molecule has 6 heteroatoms. The number of benzene rings is 9. The second-order valence-electron chi connectivity index (χ2n) is 13.0. The first-order valence-electron chi connectivity index (χ1n) is 19.5. The fourth-order valence-corrected chi connectivity index (χ4v) is 13.5. The summed E-state index contributed by atoms with van der Waals surface area (Å²) in [5, 5.41) is 12.6. The van der Waals surface area contributed by atoms with E-state index in [0.717, 1.165) is 0 Å². The Morgan fingerprint density at radius 2 is 0.311 bits per heavy atom. The maximum atomic E-state index is 7.50. The molecule has 0 heterocycles. The Bertz CT molecular complexity index is 1900. The minimum atomic E-state index is -0.446. The van der Waals surface area contributed by atoms with E-state index in [2.05, 4.69) is 289 Å². The molecule has 9 aromatic carbocycles. The van der Waals surface area contributed by atoms with E-state index in [9.17, 15) is 0 Å². The van der Waals surface area contributed by atoms with Gasteiger partial charge in [0.2, 0.25) is 0 Å². The van der Waals surface area contributed by atoms with E-state index in [-0.39, 0.29) is 1.43 Å². The van der Waals surface area contributed by atoms with Crippen molar-refractivity contribution in [2.45, 2.75) is 0 Å². The monoisotopic (exact) mass is 952 g/mol. The van der Waals surface area contributed by atoms with Crippen LogP contribution in [0.3, 0.4) is 0 Å². The molecule has 0 aliphatic heterocycles. The van der Waals surface area contributed by atoms with Gasteiger partial charge in [-0.25, -0.2) is 0 Å². The predicted molar refractivity (Wildman–Crippen MR) is 268 cm³/mol. The summed E-state index contributed by atoms with van der Waals surface area (Å²) in [6, 6.07) is 97.0. The molecule has 303 valence electrons. The minimum absolute atomic E-state index is 0. The first-order chi connectivity index (χ1) is 30.3. The Balaban J connectivity index is 0.000000195. The Hall–Kier alpha value is -5.15. The first-order valence-corrected chi connectivity index (χ1v) is 25.8. The molecule has 0 aliphatic rings. The van der Waals surface area contributed by atoms with E-state index in [4.69, 9.17) is 4.79 Å². The molecule has 0 aromatic heterocycles. The summed E-state index contributed by atoms with van der Waals surface area (Å²) in [5.74, 6) is 0. The number of carbonyl (C=O) groups excluding carboxylic acids is 1. The van der Waals surface area contributed by atoms with Crippen molar-refractivity contribution in [1.82, 2.24) is 0 Å². The van der Waals surface area contributed by atoms with Gasteiger partial charge in [0.15, 0.2) is 0 Å². The van der Waals surface area contributed by atoms with Crippen LogP contribution in [-0.4, -0.2) is 6.79 Å².